The highest BCUT2D eigenvalue weighted by Crippen LogP contribution is 2.25. The van der Waals surface area contributed by atoms with Gasteiger partial charge < -0.3 is 10.2 Å². The van der Waals surface area contributed by atoms with Crippen LogP contribution in [0.3, 0.4) is 0 Å². The normalized spacial score (nSPS) is 18.5. The first-order chi connectivity index (χ1) is 10.2. The number of anilines is 1. The molecule has 1 aliphatic rings. The molecule has 6 nitrogen and oxygen atoms in total. The Kier molecular flexibility index (Phi) is 4.99. The van der Waals surface area contributed by atoms with Gasteiger partial charge in [-0.05, 0) is 43.5 Å². The first kappa shape index (κ1) is 17.1. The van der Waals surface area contributed by atoms with Crippen LogP contribution in [0.15, 0.2) is 12.1 Å². The van der Waals surface area contributed by atoms with Crippen molar-refractivity contribution in [2.24, 2.45) is 0 Å². The van der Waals surface area contributed by atoms with E-state index in [9.17, 15) is 13.2 Å². The lowest BCUT2D eigenvalue weighted by atomic mass is 10.1. The van der Waals surface area contributed by atoms with E-state index >= 15 is 0 Å². The zero-order chi connectivity index (χ0) is 16.5. The van der Waals surface area contributed by atoms with Crippen molar-refractivity contribution in [2.45, 2.75) is 26.3 Å². The molecular formula is C14H20ClN3O3S. The zero-order valence-electron chi connectivity index (χ0n) is 12.8. The lowest BCUT2D eigenvalue weighted by molar-refractivity contribution is 0.222. The highest BCUT2D eigenvalue weighted by molar-refractivity contribution is 7.88. The predicted molar refractivity (Wildman–Crippen MR) is 87.9 cm³/mol. The van der Waals surface area contributed by atoms with Gasteiger partial charge in [0, 0.05) is 29.8 Å². The number of urea groups is 1. The second-order valence-electron chi connectivity index (χ2n) is 5.68. The first-order valence-electron chi connectivity index (χ1n) is 6.95. The number of benzene rings is 1. The van der Waals surface area contributed by atoms with E-state index in [0.29, 0.717) is 30.2 Å². The molecule has 0 saturated carbocycles. The summed E-state index contributed by atoms with van der Waals surface area (Å²) in [5.74, 6) is 0. The van der Waals surface area contributed by atoms with Crippen LogP contribution in [0.5, 0.6) is 0 Å². The van der Waals surface area contributed by atoms with Gasteiger partial charge >= 0.3 is 6.03 Å². The van der Waals surface area contributed by atoms with Gasteiger partial charge in [-0.25, -0.2) is 17.9 Å². The van der Waals surface area contributed by atoms with Crippen LogP contribution in [-0.2, 0) is 10.0 Å². The van der Waals surface area contributed by atoms with E-state index in [2.05, 4.69) is 10.0 Å². The predicted octanol–water partition coefficient (Wildman–Crippen LogP) is 2.11. The van der Waals surface area contributed by atoms with E-state index in [1.807, 2.05) is 26.0 Å². The number of carbonyl (C=O) groups is 1. The molecule has 0 aromatic heterocycles. The standard InChI is InChI=1S/C14H20ClN3O3S/c1-9-6-12(7-10(2)13(9)15)16-14(19)18-5-4-11(8-18)17-22(3,20)21/h6-7,11,17H,4-5,8H2,1-3H3,(H,16,19). The molecule has 0 aliphatic carbocycles. The molecule has 2 amide bonds. The zero-order valence-corrected chi connectivity index (χ0v) is 14.4. The fourth-order valence-electron chi connectivity index (χ4n) is 2.56. The summed E-state index contributed by atoms with van der Waals surface area (Å²) in [6.45, 7) is 4.65. The molecule has 1 saturated heterocycles. The van der Waals surface area contributed by atoms with Crippen molar-refractivity contribution in [3.63, 3.8) is 0 Å². The van der Waals surface area contributed by atoms with E-state index in [0.717, 1.165) is 17.4 Å². The van der Waals surface area contributed by atoms with Crippen molar-refractivity contribution >= 4 is 33.3 Å². The largest absolute Gasteiger partial charge is 0.323 e. The average Bonchev–Trinajstić information content (AvgIpc) is 2.82. The van der Waals surface area contributed by atoms with Crippen molar-refractivity contribution in [2.75, 3.05) is 24.7 Å². The minimum absolute atomic E-state index is 0.227. The molecule has 1 aliphatic heterocycles. The minimum Gasteiger partial charge on any atom is -0.323 e. The van der Waals surface area contributed by atoms with E-state index in [-0.39, 0.29) is 12.1 Å². The lowest BCUT2D eigenvalue weighted by Crippen LogP contribution is -2.39. The number of rotatable bonds is 3. The Balaban J connectivity index is 1.99. The summed E-state index contributed by atoms with van der Waals surface area (Å²) in [6, 6.07) is 3.17. The number of nitrogens with zero attached hydrogens (tertiary/aromatic N) is 1. The van der Waals surface area contributed by atoms with Gasteiger partial charge in [-0.3, -0.25) is 0 Å². The number of halogens is 1. The van der Waals surface area contributed by atoms with Gasteiger partial charge in [-0.1, -0.05) is 11.6 Å². The van der Waals surface area contributed by atoms with Crippen LogP contribution in [0.1, 0.15) is 17.5 Å². The van der Waals surface area contributed by atoms with Gasteiger partial charge in [0.25, 0.3) is 0 Å². The van der Waals surface area contributed by atoms with Gasteiger partial charge in [0.05, 0.1) is 6.26 Å². The molecule has 0 bridgehead atoms. The van der Waals surface area contributed by atoms with Crippen LogP contribution in [-0.4, -0.2) is 44.7 Å². The summed E-state index contributed by atoms with van der Waals surface area (Å²) in [5, 5.41) is 3.52. The summed E-state index contributed by atoms with van der Waals surface area (Å²) >= 11 is 6.11. The van der Waals surface area contributed by atoms with E-state index in [4.69, 9.17) is 11.6 Å². The molecule has 1 aromatic carbocycles. The van der Waals surface area contributed by atoms with E-state index in [1.54, 1.807) is 4.90 Å². The van der Waals surface area contributed by atoms with Gasteiger partial charge in [0.2, 0.25) is 10.0 Å². The Morgan fingerprint density at radius 2 is 1.91 bits per heavy atom. The Morgan fingerprint density at radius 1 is 1.32 bits per heavy atom. The number of aryl methyl sites for hydroxylation is 2. The quantitative estimate of drug-likeness (QED) is 0.880. The molecule has 1 heterocycles. The molecular weight excluding hydrogens is 326 g/mol. The molecule has 0 radical (unpaired) electrons. The van der Waals surface area contributed by atoms with Crippen molar-refractivity contribution in [3.8, 4) is 0 Å². The molecule has 1 atom stereocenters. The minimum atomic E-state index is -3.25. The maximum Gasteiger partial charge on any atom is 0.321 e. The second-order valence-corrected chi connectivity index (χ2v) is 7.83. The highest BCUT2D eigenvalue weighted by Gasteiger charge is 2.28. The van der Waals surface area contributed by atoms with Gasteiger partial charge in [0.1, 0.15) is 0 Å². The average molecular weight is 346 g/mol. The number of sulfonamides is 1. The van der Waals surface area contributed by atoms with Gasteiger partial charge in [-0.2, -0.15) is 0 Å². The molecule has 2 rings (SSSR count). The van der Waals surface area contributed by atoms with Crippen LogP contribution < -0.4 is 10.0 Å². The molecule has 0 spiro atoms. The van der Waals surface area contributed by atoms with Crippen LogP contribution in [0.25, 0.3) is 0 Å². The third kappa shape index (κ3) is 4.34. The van der Waals surface area contributed by atoms with Crippen LogP contribution in [0, 0.1) is 13.8 Å². The Hall–Kier alpha value is -1.31. The Bertz CT molecular complexity index is 668. The number of amides is 2. The molecule has 1 fully saturated rings. The summed E-state index contributed by atoms with van der Waals surface area (Å²) in [4.78, 5) is 13.8. The number of likely N-dealkylation sites (tertiary alicyclic amines) is 1. The van der Waals surface area contributed by atoms with E-state index < -0.39 is 10.0 Å². The topological polar surface area (TPSA) is 78.5 Å². The number of hydrogen-bond donors (Lipinski definition) is 2. The fourth-order valence-corrected chi connectivity index (χ4v) is 3.47. The van der Waals surface area contributed by atoms with Crippen molar-refractivity contribution < 1.29 is 13.2 Å². The maximum absolute atomic E-state index is 12.2. The Labute approximate surface area is 135 Å². The van der Waals surface area contributed by atoms with Crippen LogP contribution in [0.4, 0.5) is 10.5 Å². The maximum atomic E-state index is 12.2. The second kappa shape index (κ2) is 6.44. The first-order valence-corrected chi connectivity index (χ1v) is 9.22. The smallest absolute Gasteiger partial charge is 0.321 e. The van der Waals surface area contributed by atoms with Crippen LogP contribution >= 0.6 is 11.6 Å². The number of nitrogens with one attached hydrogen (secondary N) is 2. The van der Waals surface area contributed by atoms with Crippen molar-refractivity contribution in [1.29, 1.82) is 0 Å². The molecule has 122 valence electrons. The number of carbonyl (C=O) groups excluding carboxylic acids is 1. The monoisotopic (exact) mass is 345 g/mol. The third-order valence-electron chi connectivity index (χ3n) is 3.54. The fraction of sp³-hybridized carbons (Fsp3) is 0.500. The van der Waals surface area contributed by atoms with Gasteiger partial charge in [0.15, 0.2) is 0 Å². The third-order valence-corrected chi connectivity index (χ3v) is 4.90. The number of hydrogen-bond acceptors (Lipinski definition) is 3. The highest BCUT2D eigenvalue weighted by atomic mass is 35.5. The SMILES string of the molecule is Cc1cc(NC(=O)N2CCC(NS(C)(=O)=O)C2)cc(C)c1Cl. The molecule has 8 heteroatoms. The molecule has 22 heavy (non-hydrogen) atoms. The van der Waals surface area contributed by atoms with Crippen LogP contribution in [0.2, 0.25) is 5.02 Å². The summed E-state index contributed by atoms with van der Waals surface area (Å²) in [5.41, 5.74) is 2.48. The van der Waals surface area contributed by atoms with E-state index in [1.165, 1.54) is 0 Å². The molecule has 1 aromatic rings. The summed E-state index contributed by atoms with van der Waals surface area (Å²) in [6.07, 6.45) is 1.73. The summed E-state index contributed by atoms with van der Waals surface area (Å²) in [7, 11) is -3.25. The van der Waals surface area contributed by atoms with Crippen molar-refractivity contribution in [1.82, 2.24) is 9.62 Å². The lowest BCUT2D eigenvalue weighted by Gasteiger charge is -2.18. The molecule has 1 unspecified atom stereocenters. The van der Waals surface area contributed by atoms with Gasteiger partial charge in [-0.15, -0.1) is 0 Å². The Morgan fingerprint density at radius 3 is 2.45 bits per heavy atom. The van der Waals surface area contributed by atoms with Crippen molar-refractivity contribution in [3.05, 3.63) is 28.3 Å². The molecule has 2 N–H and O–H groups in total. The summed E-state index contributed by atoms with van der Waals surface area (Å²) < 4.78 is 25.0.